The van der Waals surface area contributed by atoms with Crippen LogP contribution >= 0.6 is 22.6 Å². The van der Waals surface area contributed by atoms with Gasteiger partial charge in [0.2, 0.25) is 11.8 Å². The number of aliphatic hydroxyl groups excluding tert-OH is 1. The van der Waals surface area contributed by atoms with E-state index in [1.807, 2.05) is 12.1 Å². The van der Waals surface area contributed by atoms with E-state index in [2.05, 4.69) is 22.6 Å². The summed E-state index contributed by atoms with van der Waals surface area (Å²) < 4.78 is 6.72. The molecule has 2 fully saturated rings. The molecule has 2 amide bonds. The van der Waals surface area contributed by atoms with Crippen LogP contribution in [-0.4, -0.2) is 35.2 Å². The molecule has 3 aliphatic heterocycles. The third kappa shape index (κ3) is 1.63. The smallest absolute Gasteiger partial charge is 0.241 e. The van der Waals surface area contributed by atoms with Gasteiger partial charge in [-0.1, -0.05) is 12.2 Å². The predicted octanol–water partition coefficient (Wildman–Crippen LogP) is 1.10. The molecule has 2 saturated heterocycles. The van der Waals surface area contributed by atoms with Crippen molar-refractivity contribution in [2.75, 3.05) is 11.5 Å². The third-order valence-corrected chi connectivity index (χ3v) is 5.21. The summed E-state index contributed by atoms with van der Waals surface area (Å²) in [4.78, 5) is 26.6. The lowest BCUT2D eigenvalue weighted by molar-refractivity contribution is -0.128. The molecule has 1 aromatic carbocycles. The van der Waals surface area contributed by atoms with Gasteiger partial charge in [0, 0.05) is 3.57 Å². The molecule has 6 heteroatoms. The Kier molecular flexibility index (Phi) is 2.79. The van der Waals surface area contributed by atoms with Crippen LogP contribution in [0.5, 0.6) is 0 Å². The van der Waals surface area contributed by atoms with Crippen molar-refractivity contribution in [3.05, 3.63) is 40.0 Å². The second-order valence-corrected chi connectivity index (χ2v) is 6.79. The number of rotatable bonds is 2. The van der Waals surface area contributed by atoms with Crippen LogP contribution in [0.2, 0.25) is 0 Å². The van der Waals surface area contributed by atoms with Crippen LogP contribution in [-0.2, 0) is 14.3 Å². The van der Waals surface area contributed by atoms with Crippen molar-refractivity contribution in [1.82, 2.24) is 0 Å². The minimum atomic E-state index is -1.03. The van der Waals surface area contributed by atoms with E-state index >= 15 is 0 Å². The average molecular weight is 397 g/mol. The normalized spacial score (nSPS) is 36.7. The van der Waals surface area contributed by atoms with E-state index in [1.54, 1.807) is 24.3 Å². The van der Waals surface area contributed by atoms with Crippen LogP contribution in [0, 0.1) is 15.4 Å². The maximum Gasteiger partial charge on any atom is 0.241 e. The Bertz CT molecular complexity index is 671. The van der Waals surface area contributed by atoms with Gasteiger partial charge in [-0.25, -0.2) is 4.90 Å². The molecule has 2 bridgehead atoms. The minimum Gasteiger partial charge on any atom is -0.393 e. The first-order chi connectivity index (χ1) is 10.1. The standard InChI is InChI=1S/C15H12INO4/c16-8-1-3-9(4-2-8)17-13(19)11-10-5-6-15(7-18,21-10)12(11)14(17)20/h1-6,10-12,18H,7H2/t10-,11+,12-,15-/m0/s1. The molecule has 0 aromatic heterocycles. The van der Waals surface area contributed by atoms with Gasteiger partial charge in [0.15, 0.2) is 0 Å². The number of amides is 2. The zero-order chi connectivity index (χ0) is 14.8. The SMILES string of the molecule is O=C1[C@@H]2[C@@H]3C=C[C@@](CO)(O3)[C@@H]2C(=O)N1c1ccc(I)cc1. The lowest BCUT2D eigenvalue weighted by atomic mass is 9.77. The van der Waals surface area contributed by atoms with E-state index in [0.29, 0.717) is 5.69 Å². The van der Waals surface area contributed by atoms with Crippen molar-refractivity contribution in [1.29, 1.82) is 0 Å². The molecule has 4 atom stereocenters. The zero-order valence-corrected chi connectivity index (χ0v) is 13.1. The molecule has 0 aliphatic carbocycles. The number of hydrogen-bond acceptors (Lipinski definition) is 4. The molecule has 0 unspecified atom stereocenters. The van der Waals surface area contributed by atoms with Crippen LogP contribution in [0.25, 0.3) is 0 Å². The van der Waals surface area contributed by atoms with Crippen LogP contribution in [0.15, 0.2) is 36.4 Å². The quantitative estimate of drug-likeness (QED) is 0.461. The van der Waals surface area contributed by atoms with E-state index in [4.69, 9.17) is 4.74 Å². The molecular formula is C15H12INO4. The number of ether oxygens (including phenoxy) is 1. The number of nitrogens with zero attached hydrogens (tertiary/aromatic N) is 1. The highest BCUT2D eigenvalue weighted by atomic mass is 127. The number of imide groups is 1. The molecule has 0 spiro atoms. The van der Waals surface area contributed by atoms with Crippen molar-refractivity contribution in [2.24, 2.45) is 11.8 Å². The summed E-state index contributed by atoms with van der Waals surface area (Å²) in [5, 5.41) is 9.63. The summed E-state index contributed by atoms with van der Waals surface area (Å²) in [5.41, 5.74) is -0.452. The zero-order valence-electron chi connectivity index (χ0n) is 10.9. The molecule has 5 nitrogen and oxygen atoms in total. The fraction of sp³-hybridized carbons (Fsp3) is 0.333. The van der Waals surface area contributed by atoms with Gasteiger partial charge in [-0.15, -0.1) is 0 Å². The molecule has 1 aromatic rings. The van der Waals surface area contributed by atoms with Gasteiger partial charge in [0.05, 0.1) is 30.2 Å². The van der Waals surface area contributed by atoms with Crippen LogP contribution in [0.1, 0.15) is 0 Å². The van der Waals surface area contributed by atoms with E-state index < -0.39 is 23.5 Å². The summed E-state index contributed by atoms with van der Waals surface area (Å²) in [6.45, 7) is -0.291. The summed E-state index contributed by atoms with van der Waals surface area (Å²) in [6, 6.07) is 7.24. The highest BCUT2D eigenvalue weighted by Gasteiger charge is 2.67. The Hall–Kier alpha value is -1.25. The van der Waals surface area contributed by atoms with Gasteiger partial charge < -0.3 is 9.84 Å². The summed E-state index contributed by atoms with van der Waals surface area (Å²) in [5.74, 6) is -1.67. The maximum absolute atomic E-state index is 12.7. The number of carbonyl (C=O) groups excluding carboxylic acids is 2. The van der Waals surface area contributed by atoms with Crippen molar-refractivity contribution in [3.8, 4) is 0 Å². The number of anilines is 1. The fourth-order valence-corrected chi connectivity index (χ4v) is 3.89. The molecule has 3 heterocycles. The second kappa shape index (κ2) is 4.37. The molecule has 4 rings (SSSR count). The number of carbonyl (C=O) groups is 2. The number of fused-ring (bicyclic) bond motifs is 5. The first kappa shape index (κ1) is 13.4. The van der Waals surface area contributed by atoms with Gasteiger partial charge >= 0.3 is 0 Å². The summed E-state index contributed by atoms with van der Waals surface area (Å²) >= 11 is 2.17. The summed E-state index contributed by atoms with van der Waals surface area (Å²) in [6.07, 6.45) is 3.09. The van der Waals surface area contributed by atoms with Crippen molar-refractivity contribution >= 4 is 40.1 Å². The van der Waals surface area contributed by atoms with E-state index in [-0.39, 0.29) is 18.4 Å². The Labute approximate surface area is 134 Å². The Morgan fingerprint density at radius 2 is 1.95 bits per heavy atom. The van der Waals surface area contributed by atoms with Gasteiger partial charge in [-0.05, 0) is 46.9 Å². The molecule has 0 saturated carbocycles. The Morgan fingerprint density at radius 1 is 1.24 bits per heavy atom. The van der Waals surface area contributed by atoms with E-state index in [9.17, 15) is 14.7 Å². The van der Waals surface area contributed by atoms with Crippen molar-refractivity contribution < 1.29 is 19.4 Å². The summed E-state index contributed by atoms with van der Waals surface area (Å²) in [7, 11) is 0. The second-order valence-electron chi connectivity index (χ2n) is 5.55. The predicted molar refractivity (Wildman–Crippen MR) is 82.5 cm³/mol. The lowest BCUT2D eigenvalue weighted by Crippen LogP contribution is -2.43. The van der Waals surface area contributed by atoms with Crippen molar-refractivity contribution in [2.45, 2.75) is 11.7 Å². The Morgan fingerprint density at radius 3 is 2.62 bits per heavy atom. The third-order valence-electron chi connectivity index (χ3n) is 4.49. The minimum absolute atomic E-state index is 0.240. The molecule has 0 radical (unpaired) electrons. The molecule has 108 valence electrons. The maximum atomic E-state index is 12.7. The van der Waals surface area contributed by atoms with E-state index in [0.717, 1.165) is 3.57 Å². The van der Waals surface area contributed by atoms with Gasteiger partial charge in [-0.3, -0.25) is 9.59 Å². The molecule has 1 N–H and O–H groups in total. The van der Waals surface area contributed by atoms with Crippen LogP contribution in [0.3, 0.4) is 0 Å². The van der Waals surface area contributed by atoms with Crippen LogP contribution < -0.4 is 4.90 Å². The fourth-order valence-electron chi connectivity index (χ4n) is 3.53. The number of hydrogen-bond donors (Lipinski definition) is 1. The number of halogens is 1. The monoisotopic (exact) mass is 397 g/mol. The lowest BCUT2D eigenvalue weighted by Gasteiger charge is -2.26. The van der Waals surface area contributed by atoms with Gasteiger partial charge in [0.1, 0.15) is 5.60 Å². The van der Waals surface area contributed by atoms with Crippen LogP contribution in [0.4, 0.5) is 5.69 Å². The molecular weight excluding hydrogens is 385 g/mol. The topological polar surface area (TPSA) is 66.8 Å². The number of benzene rings is 1. The van der Waals surface area contributed by atoms with Gasteiger partial charge in [0.25, 0.3) is 0 Å². The largest absolute Gasteiger partial charge is 0.393 e. The Balaban J connectivity index is 1.77. The van der Waals surface area contributed by atoms with Crippen molar-refractivity contribution in [3.63, 3.8) is 0 Å². The van der Waals surface area contributed by atoms with E-state index in [1.165, 1.54) is 4.90 Å². The molecule has 21 heavy (non-hydrogen) atoms. The first-order valence-electron chi connectivity index (χ1n) is 6.69. The molecule has 3 aliphatic rings. The first-order valence-corrected chi connectivity index (χ1v) is 7.77. The number of aliphatic hydroxyl groups is 1. The highest BCUT2D eigenvalue weighted by Crippen LogP contribution is 2.52. The average Bonchev–Trinajstić information content (AvgIpc) is 3.12. The van der Waals surface area contributed by atoms with Gasteiger partial charge in [-0.2, -0.15) is 0 Å². The highest BCUT2D eigenvalue weighted by molar-refractivity contribution is 14.1.